The van der Waals surface area contributed by atoms with E-state index in [0.29, 0.717) is 25.4 Å². The number of piperidine rings is 1. The van der Waals surface area contributed by atoms with Gasteiger partial charge in [0, 0.05) is 49.7 Å². The topological polar surface area (TPSA) is 53.1 Å². The zero-order valence-corrected chi connectivity index (χ0v) is 26.6. The largest absolute Gasteiger partial charge is 0.444 e. The summed E-state index contributed by atoms with van der Waals surface area (Å²) in [6, 6.07) is 19.6. The average Bonchev–Trinajstić information content (AvgIpc) is 2.89. The van der Waals surface area contributed by atoms with Crippen molar-refractivity contribution in [3.63, 3.8) is 0 Å². The first-order valence-corrected chi connectivity index (χ1v) is 15.4. The van der Waals surface area contributed by atoms with E-state index in [0.717, 1.165) is 36.9 Å². The maximum Gasteiger partial charge on any atom is 0.410 e. The van der Waals surface area contributed by atoms with E-state index in [-0.39, 0.29) is 29.5 Å². The molecule has 218 valence electrons. The summed E-state index contributed by atoms with van der Waals surface area (Å²) in [5.74, 6) is 0.542. The SMILES string of the molecule is CC(C)(C)OC(=O)N1CCC(CC(=O)N2CCN(C(c3ccccc3)c3ccc(Br)cc3)CC2C(C)(C)C)CC1. The van der Waals surface area contributed by atoms with Gasteiger partial charge in [-0.3, -0.25) is 9.69 Å². The summed E-state index contributed by atoms with van der Waals surface area (Å²) in [7, 11) is 0. The molecule has 2 aliphatic heterocycles. The van der Waals surface area contributed by atoms with Crippen LogP contribution >= 0.6 is 15.9 Å². The fraction of sp³-hybridized carbons (Fsp3) is 0.576. The van der Waals surface area contributed by atoms with Crippen LogP contribution in [0.15, 0.2) is 59.1 Å². The Morgan fingerprint density at radius 3 is 2.05 bits per heavy atom. The summed E-state index contributed by atoms with van der Waals surface area (Å²) in [5, 5.41) is 0. The number of carbonyl (C=O) groups excluding carboxylic acids is 2. The van der Waals surface area contributed by atoms with Crippen molar-refractivity contribution in [3.05, 3.63) is 70.2 Å². The molecule has 0 radical (unpaired) electrons. The first kappa shape index (κ1) is 30.6. The molecule has 4 rings (SSSR count). The number of halogens is 1. The van der Waals surface area contributed by atoms with Gasteiger partial charge in [0.1, 0.15) is 5.60 Å². The van der Waals surface area contributed by atoms with Crippen molar-refractivity contribution >= 4 is 27.9 Å². The molecular formula is C33H46BrN3O3. The number of carbonyl (C=O) groups is 2. The molecule has 2 atom stereocenters. The van der Waals surface area contributed by atoms with Crippen molar-refractivity contribution in [3.8, 4) is 0 Å². The van der Waals surface area contributed by atoms with Gasteiger partial charge in [0.15, 0.2) is 0 Å². The van der Waals surface area contributed by atoms with Crippen LogP contribution in [0.4, 0.5) is 4.79 Å². The fourth-order valence-corrected chi connectivity index (χ4v) is 6.25. The molecule has 2 heterocycles. The molecule has 2 saturated heterocycles. The van der Waals surface area contributed by atoms with E-state index in [9.17, 15) is 9.59 Å². The van der Waals surface area contributed by atoms with E-state index >= 15 is 0 Å². The van der Waals surface area contributed by atoms with Gasteiger partial charge in [-0.15, -0.1) is 0 Å². The number of likely N-dealkylation sites (tertiary alicyclic amines) is 1. The van der Waals surface area contributed by atoms with E-state index in [4.69, 9.17) is 4.74 Å². The smallest absolute Gasteiger partial charge is 0.410 e. The molecule has 0 N–H and O–H groups in total. The third-order valence-corrected chi connectivity index (χ3v) is 8.66. The Morgan fingerprint density at radius 1 is 0.875 bits per heavy atom. The van der Waals surface area contributed by atoms with E-state index in [1.807, 2.05) is 20.8 Å². The molecule has 0 bridgehead atoms. The maximum atomic E-state index is 13.8. The Balaban J connectivity index is 1.44. The normalized spacial score (nSPS) is 20.3. The minimum atomic E-state index is -0.495. The first-order valence-electron chi connectivity index (χ1n) is 14.6. The highest BCUT2D eigenvalue weighted by atomic mass is 79.9. The molecule has 6 nitrogen and oxygen atoms in total. The average molecular weight is 613 g/mol. The molecule has 0 aromatic heterocycles. The third kappa shape index (κ3) is 7.88. The molecule has 40 heavy (non-hydrogen) atoms. The lowest BCUT2D eigenvalue weighted by Gasteiger charge is -2.50. The van der Waals surface area contributed by atoms with Crippen LogP contribution in [0.3, 0.4) is 0 Å². The van der Waals surface area contributed by atoms with Gasteiger partial charge in [-0.1, -0.05) is 79.2 Å². The second-order valence-electron chi connectivity index (χ2n) is 13.4. The number of nitrogens with zero attached hydrogens (tertiary/aromatic N) is 3. The number of hydrogen-bond acceptors (Lipinski definition) is 4. The van der Waals surface area contributed by atoms with Crippen molar-refractivity contribution in [2.45, 2.75) is 78.5 Å². The zero-order chi connectivity index (χ0) is 29.1. The standard InChI is InChI=1S/C33H46BrN3O3/c1-32(2,3)28-23-36(30(25-10-8-7-9-11-25)26-12-14-27(34)15-13-26)20-21-37(28)29(38)22-24-16-18-35(19-17-24)31(39)40-33(4,5)6/h7-15,24,28,30H,16-23H2,1-6H3. The molecule has 0 aliphatic carbocycles. The van der Waals surface area contributed by atoms with E-state index in [2.05, 4.69) is 101 Å². The second-order valence-corrected chi connectivity index (χ2v) is 14.4. The third-order valence-electron chi connectivity index (χ3n) is 8.13. The van der Waals surface area contributed by atoms with Crippen LogP contribution in [0.25, 0.3) is 0 Å². The Bertz CT molecular complexity index is 1130. The summed E-state index contributed by atoms with van der Waals surface area (Å²) in [4.78, 5) is 32.7. The van der Waals surface area contributed by atoms with Gasteiger partial charge in [-0.05, 0) is 68.2 Å². The number of amides is 2. The van der Waals surface area contributed by atoms with Crippen LogP contribution < -0.4 is 0 Å². The van der Waals surface area contributed by atoms with Crippen molar-refractivity contribution in [1.82, 2.24) is 14.7 Å². The molecular weight excluding hydrogens is 566 g/mol. The summed E-state index contributed by atoms with van der Waals surface area (Å²) in [6.45, 7) is 16.1. The van der Waals surface area contributed by atoms with Crippen LogP contribution in [-0.2, 0) is 9.53 Å². The van der Waals surface area contributed by atoms with Gasteiger partial charge in [-0.25, -0.2) is 4.79 Å². The highest BCUT2D eigenvalue weighted by Crippen LogP contribution is 2.36. The van der Waals surface area contributed by atoms with E-state index < -0.39 is 5.60 Å². The van der Waals surface area contributed by atoms with Gasteiger partial charge in [-0.2, -0.15) is 0 Å². The molecule has 2 fully saturated rings. The zero-order valence-electron chi connectivity index (χ0n) is 25.0. The highest BCUT2D eigenvalue weighted by Gasteiger charge is 2.41. The Labute approximate surface area is 249 Å². The van der Waals surface area contributed by atoms with Crippen molar-refractivity contribution in [2.24, 2.45) is 11.3 Å². The molecule has 7 heteroatoms. The van der Waals surface area contributed by atoms with Crippen LogP contribution in [0.2, 0.25) is 0 Å². The fourth-order valence-electron chi connectivity index (χ4n) is 5.98. The minimum Gasteiger partial charge on any atom is -0.444 e. The maximum absolute atomic E-state index is 13.8. The monoisotopic (exact) mass is 611 g/mol. The van der Waals surface area contributed by atoms with Gasteiger partial charge >= 0.3 is 6.09 Å². The number of piperazine rings is 1. The lowest BCUT2D eigenvalue weighted by Crippen LogP contribution is -2.60. The van der Waals surface area contributed by atoms with Gasteiger partial charge < -0.3 is 14.5 Å². The lowest BCUT2D eigenvalue weighted by molar-refractivity contribution is -0.141. The molecule has 0 saturated carbocycles. The second kappa shape index (κ2) is 12.6. The summed E-state index contributed by atoms with van der Waals surface area (Å²) in [5.41, 5.74) is 1.98. The van der Waals surface area contributed by atoms with Crippen molar-refractivity contribution in [2.75, 3.05) is 32.7 Å². The lowest BCUT2D eigenvalue weighted by atomic mass is 9.82. The van der Waals surface area contributed by atoms with Crippen molar-refractivity contribution < 1.29 is 14.3 Å². The number of hydrogen-bond donors (Lipinski definition) is 0. The highest BCUT2D eigenvalue weighted by molar-refractivity contribution is 9.10. The quantitative estimate of drug-likeness (QED) is 0.361. The molecule has 0 spiro atoms. The number of rotatable bonds is 5. The number of ether oxygens (including phenoxy) is 1. The van der Waals surface area contributed by atoms with Crippen LogP contribution in [-0.4, -0.2) is 71.1 Å². The van der Waals surface area contributed by atoms with Gasteiger partial charge in [0.05, 0.1) is 6.04 Å². The van der Waals surface area contributed by atoms with Gasteiger partial charge in [0.2, 0.25) is 5.91 Å². The van der Waals surface area contributed by atoms with Crippen LogP contribution in [0.5, 0.6) is 0 Å². The Morgan fingerprint density at radius 2 is 1.48 bits per heavy atom. The predicted octanol–water partition coefficient (Wildman–Crippen LogP) is 7.13. The Hall–Kier alpha value is -2.38. The van der Waals surface area contributed by atoms with Crippen LogP contribution in [0, 0.1) is 11.3 Å². The van der Waals surface area contributed by atoms with Crippen molar-refractivity contribution in [1.29, 1.82) is 0 Å². The number of benzene rings is 2. The molecule has 2 aromatic rings. The Kier molecular flexibility index (Phi) is 9.66. The summed E-state index contributed by atoms with van der Waals surface area (Å²) >= 11 is 3.59. The summed E-state index contributed by atoms with van der Waals surface area (Å²) < 4.78 is 6.62. The first-order chi connectivity index (χ1) is 18.8. The van der Waals surface area contributed by atoms with Gasteiger partial charge in [0.25, 0.3) is 0 Å². The minimum absolute atomic E-state index is 0.0602. The van der Waals surface area contributed by atoms with Crippen LogP contribution in [0.1, 0.15) is 78.0 Å². The predicted molar refractivity (Wildman–Crippen MR) is 164 cm³/mol. The molecule has 2 aromatic carbocycles. The molecule has 2 aliphatic rings. The summed E-state index contributed by atoms with van der Waals surface area (Å²) in [6.07, 6.45) is 1.97. The van der Waals surface area contributed by atoms with E-state index in [1.54, 1.807) is 4.90 Å². The molecule has 2 amide bonds. The van der Waals surface area contributed by atoms with E-state index in [1.165, 1.54) is 11.1 Å². The molecule has 2 unspecified atom stereocenters.